The first kappa shape index (κ1) is 25.7. The van der Waals surface area contributed by atoms with Gasteiger partial charge in [-0.05, 0) is 54.5 Å². The number of carbonyl (C=O) groups is 1. The molecule has 5 nitrogen and oxygen atoms in total. The van der Waals surface area contributed by atoms with Crippen LogP contribution in [-0.2, 0) is 17.9 Å². The Labute approximate surface area is 216 Å². The summed E-state index contributed by atoms with van der Waals surface area (Å²) in [5.41, 5.74) is 3.35. The number of hydrogen-bond acceptors (Lipinski definition) is 4. The minimum Gasteiger partial charge on any atom is -0.496 e. The number of ether oxygens (including phenoxy) is 2. The molecule has 0 aromatic heterocycles. The number of hydrogen-bond donors (Lipinski definition) is 0. The van der Waals surface area contributed by atoms with E-state index in [2.05, 4.69) is 4.90 Å². The van der Waals surface area contributed by atoms with E-state index in [1.165, 1.54) is 6.07 Å². The minimum atomic E-state index is -0.299. The lowest BCUT2D eigenvalue weighted by molar-refractivity contribution is -0.127. The number of para-hydroxylation sites is 1. The van der Waals surface area contributed by atoms with Gasteiger partial charge in [0, 0.05) is 54.9 Å². The van der Waals surface area contributed by atoms with Crippen molar-refractivity contribution in [2.24, 2.45) is 0 Å². The molecule has 0 aliphatic carbocycles. The second-order valence-corrected chi connectivity index (χ2v) is 9.17. The highest BCUT2D eigenvalue weighted by Crippen LogP contribution is 2.25. The maximum Gasteiger partial charge on any atom is 0.246 e. The molecule has 188 valence electrons. The van der Waals surface area contributed by atoms with Gasteiger partial charge >= 0.3 is 0 Å². The second kappa shape index (κ2) is 12.1. The van der Waals surface area contributed by atoms with Crippen LogP contribution in [0.5, 0.6) is 11.5 Å². The molecular weight excluding hydrogens is 479 g/mol. The summed E-state index contributed by atoms with van der Waals surface area (Å²) in [5.74, 6) is 1.21. The Morgan fingerprint density at radius 1 is 1.03 bits per heavy atom. The number of carbonyl (C=O) groups excluding carboxylic acids is 1. The summed E-state index contributed by atoms with van der Waals surface area (Å²) >= 11 is 6.16. The number of halogens is 2. The van der Waals surface area contributed by atoms with Crippen LogP contribution in [0.15, 0.2) is 66.7 Å². The van der Waals surface area contributed by atoms with E-state index < -0.39 is 0 Å². The number of benzene rings is 3. The highest BCUT2D eigenvalue weighted by molar-refractivity contribution is 6.31. The molecule has 0 saturated carbocycles. The molecule has 7 heteroatoms. The predicted octanol–water partition coefficient (Wildman–Crippen LogP) is 5.73. The molecule has 1 heterocycles. The van der Waals surface area contributed by atoms with Crippen molar-refractivity contribution in [1.29, 1.82) is 0 Å². The van der Waals surface area contributed by atoms with Gasteiger partial charge in [-0.1, -0.05) is 41.9 Å². The van der Waals surface area contributed by atoms with E-state index in [9.17, 15) is 9.18 Å². The van der Waals surface area contributed by atoms with Gasteiger partial charge in [0.05, 0.1) is 7.11 Å². The second-order valence-electron chi connectivity index (χ2n) is 8.76. The van der Waals surface area contributed by atoms with E-state index in [0.29, 0.717) is 49.9 Å². The molecule has 0 spiro atoms. The van der Waals surface area contributed by atoms with Crippen LogP contribution in [0.1, 0.15) is 22.3 Å². The third-order valence-corrected chi connectivity index (χ3v) is 6.68. The summed E-state index contributed by atoms with van der Waals surface area (Å²) in [4.78, 5) is 16.7. The van der Waals surface area contributed by atoms with E-state index in [1.807, 2.05) is 60.4 Å². The molecule has 0 bridgehead atoms. The summed E-state index contributed by atoms with van der Waals surface area (Å²) in [5, 5.41) is 0.430. The number of aryl methyl sites for hydroxylation is 1. The van der Waals surface area contributed by atoms with Gasteiger partial charge in [-0.15, -0.1) is 0 Å². The van der Waals surface area contributed by atoms with Crippen LogP contribution in [0.2, 0.25) is 5.02 Å². The number of piperazine rings is 1. The molecule has 0 unspecified atom stereocenters. The highest BCUT2D eigenvalue weighted by atomic mass is 35.5. The van der Waals surface area contributed by atoms with Crippen molar-refractivity contribution in [2.45, 2.75) is 20.1 Å². The smallest absolute Gasteiger partial charge is 0.246 e. The van der Waals surface area contributed by atoms with Crippen molar-refractivity contribution in [1.82, 2.24) is 9.80 Å². The standard InChI is InChI=1S/C29H30ClFN2O3/c1-21-6-3-4-9-27(21)36-20-23-18-22(10-12-28(23)35-2)11-13-29(34)33-16-14-32(15-17-33)19-24-25(30)7-5-8-26(24)31/h3-13,18H,14-17,19-20H2,1-2H3/b13-11+. The van der Waals surface area contributed by atoms with Gasteiger partial charge in [-0.25, -0.2) is 4.39 Å². The van der Waals surface area contributed by atoms with Gasteiger partial charge in [-0.3, -0.25) is 9.69 Å². The van der Waals surface area contributed by atoms with Crippen molar-refractivity contribution < 1.29 is 18.7 Å². The van der Waals surface area contributed by atoms with Crippen LogP contribution in [0, 0.1) is 12.7 Å². The molecular formula is C29H30ClFN2O3. The molecule has 1 aliphatic rings. The van der Waals surface area contributed by atoms with Crippen molar-refractivity contribution in [3.05, 3.63) is 99.8 Å². The maximum absolute atomic E-state index is 14.1. The Balaban J connectivity index is 1.34. The van der Waals surface area contributed by atoms with Crippen molar-refractivity contribution >= 4 is 23.6 Å². The summed E-state index contributed by atoms with van der Waals surface area (Å²) < 4.78 is 25.6. The lowest BCUT2D eigenvalue weighted by atomic mass is 10.1. The van der Waals surface area contributed by atoms with Crippen molar-refractivity contribution in [3.63, 3.8) is 0 Å². The average Bonchev–Trinajstić information content (AvgIpc) is 2.89. The Hall–Kier alpha value is -3.35. The van der Waals surface area contributed by atoms with Crippen LogP contribution in [0.3, 0.4) is 0 Å². The Kier molecular flexibility index (Phi) is 8.62. The number of methoxy groups -OCH3 is 1. The summed E-state index contributed by atoms with van der Waals surface area (Å²) in [6.45, 7) is 5.27. The zero-order valence-electron chi connectivity index (χ0n) is 20.5. The Morgan fingerprint density at radius 3 is 2.53 bits per heavy atom. The lowest BCUT2D eigenvalue weighted by Gasteiger charge is -2.34. The van der Waals surface area contributed by atoms with Gasteiger partial charge in [0.15, 0.2) is 0 Å². The van der Waals surface area contributed by atoms with E-state index in [-0.39, 0.29) is 11.7 Å². The highest BCUT2D eigenvalue weighted by Gasteiger charge is 2.21. The third-order valence-electron chi connectivity index (χ3n) is 6.33. The molecule has 36 heavy (non-hydrogen) atoms. The normalized spacial score (nSPS) is 14.3. The first-order chi connectivity index (χ1) is 17.4. The van der Waals surface area contributed by atoms with Crippen LogP contribution < -0.4 is 9.47 Å². The predicted molar refractivity (Wildman–Crippen MR) is 141 cm³/mol. The number of nitrogens with zero attached hydrogens (tertiary/aromatic N) is 2. The fraction of sp³-hybridized carbons (Fsp3) is 0.276. The molecule has 1 saturated heterocycles. The largest absolute Gasteiger partial charge is 0.496 e. The molecule has 1 aliphatic heterocycles. The first-order valence-corrected chi connectivity index (χ1v) is 12.3. The van der Waals surface area contributed by atoms with E-state index in [1.54, 1.807) is 25.3 Å². The van der Waals surface area contributed by atoms with E-state index >= 15 is 0 Å². The van der Waals surface area contributed by atoms with Gasteiger partial charge in [0.1, 0.15) is 23.9 Å². The van der Waals surface area contributed by atoms with Crippen LogP contribution >= 0.6 is 11.6 Å². The van der Waals surface area contributed by atoms with E-state index in [0.717, 1.165) is 28.2 Å². The van der Waals surface area contributed by atoms with Crippen LogP contribution in [0.25, 0.3) is 6.08 Å². The summed E-state index contributed by atoms with van der Waals surface area (Å²) in [7, 11) is 1.63. The quantitative estimate of drug-likeness (QED) is 0.364. The van der Waals surface area contributed by atoms with E-state index in [4.69, 9.17) is 21.1 Å². The fourth-order valence-electron chi connectivity index (χ4n) is 4.20. The summed E-state index contributed by atoms with van der Waals surface area (Å²) in [6, 6.07) is 18.4. The minimum absolute atomic E-state index is 0.0490. The van der Waals surface area contributed by atoms with Crippen LogP contribution in [0.4, 0.5) is 4.39 Å². The van der Waals surface area contributed by atoms with Gasteiger partial charge in [0.25, 0.3) is 0 Å². The SMILES string of the molecule is COc1ccc(/C=C/C(=O)N2CCN(Cc3c(F)cccc3Cl)CC2)cc1COc1ccccc1C. The molecule has 3 aromatic rings. The van der Waals surface area contributed by atoms with Gasteiger partial charge in [-0.2, -0.15) is 0 Å². The zero-order chi connectivity index (χ0) is 25.5. The molecule has 1 fully saturated rings. The summed E-state index contributed by atoms with van der Waals surface area (Å²) in [6.07, 6.45) is 3.40. The van der Waals surface area contributed by atoms with Gasteiger partial charge in [0.2, 0.25) is 5.91 Å². The molecule has 1 amide bonds. The number of rotatable bonds is 8. The molecule has 3 aromatic carbocycles. The average molecular weight is 509 g/mol. The molecule has 0 atom stereocenters. The first-order valence-electron chi connectivity index (χ1n) is 11.9. The molecule has 0 N–H and O–H groups in total. The maximum atomic E-state index is 14.1. The zero-order valence-corrected chi connectivity index (χ0v) is 21.3. The molecule has 4 rings (SSSR count). The Morgan fingerprint density at radius 2 is 1.81 bits per heavy atom. The third kappa shape index (κ3) is 6.45. The van der Waals surface area contributed by atoms with Crippen molar-refractivity contribution in [3.8, 4) is 11.5 Å². The van der Waals surface area contributed by atoms with Crippen molar-refractivity contribution in [2.75, 3.05) is 33.3 Å². The Bertz CT molecular complexity index is 1220. The van der Waals surface area contributed by atoms with Gasteiger partial charge < -0.3 is 14.4 Å². The topological polar surface area (TPSA) is 42.0 Å². The lowest BCUT2D eigenvalue weighted by Crippen LogP contribution is -2.47. The monoisotopic (exact) mass is 508 g/mol. The fourth-order valence-corrected chi connectivity index (χ4v) is 4.42. The van der Waals surface area contributed by atoms with Crippen LogP contribution in [-0.4, -0.2) is 49.0 Å². The molecule has 0 radical (unpaired) electrons. The number of amides is 1.